The molecule has 0 amide bonds. The van der Waals surface area contributed by atoms with Crippen molar-refractivity contribution in [2.24, 2.45) is 4.99 Å². The summed E-state index contributed by atoms with van der Waals surface area (Å²) in [6.07, 6.45) is 0.934. The minimum atomic E-state index is -0.399. The highest BCUT2D eigenvalue weighted by Crippen LogP contribution is 2.15. The van der Waals surface area contributed by atoms with Gasteiger partial charge >= 0.3 is 0 Å². The molecule has 3 rings (SSSR count). The largest absolute Gasteiger partial charge is 0.357 e. The van der Waals surface area contributed by atoms with E-state index < -0.39 is 4.92 Å². The Morgan fingerprint density at radius 2 is 1.93 bits per heavy atom. The van der Waals surface area contributed by atoms with Gasteiger partial charge in [-0.3, -0.25) is 10.1 Å². The Morgan fingerprint density at radius 3 is 2.66 bits per heavy atom. The van der Waals surface area contributed by atoms with Crippen LogP contribution in [-0.4, -0.2) is 33.5 Å². The predicted octanol–water partition coefficient (Wildman–Crippen LogP) is 3.40. The van der Waals surface area contributed by atoms with Crippen LogP contribution in [0.15, 0.2) is 53.5 Å². The number of aryl methyl sites for hydroxylation is 2. The average molecular weight is 394 g/mol. The first-order valence-corrected chi connectivity index (χ1v) is 9.76. The smallest absolute Gasteiger partial charge is 0.269 e. The number of guanidine groups is 1. The maximum absolute atomic E-state index is 10.7. The van der Waals surface area contributed by atoms with Crippen molar-refractivity contribution in [3.8, 4) is 0 Å². The predicted molar refractivity (Wildman–Crippen MR) is 115 cm³/mol. The number of para-hydroxylation sites is 2. The Labute approximate surface area is 169 Å². The van der Waals surface area contributed by atoms with Crippen LogP contribution in [0.4, 0.5) is 5.69 Å². The maximum Gasteiger partial charge on any atom is 0.269 e. The number of nitro benzene ring substituents is 1. The van der Waals surface area contributed by atoms with Gasteiger partial charge in [0.2, 0.25) is 0 Å². The number of aliphatic imine (C=N–C) groups is 1. The molecule has 1 heterocycles. The molecule has 0 saturated heterocycles. The Balaban J connectivity index is 1.54. The third kappa shape index (κ3) is 5.31. The number of nitrogens with one attached hydrogen (secondary N) is 2. The second-order valence-corrected chi connectivity index (χ2v) is 6.70. The summed E-state index contributed by atoms with van der Waals surface area (Å²) in [6.45, 7) is 6.92. The van der Waals surface area contributed by atoms with Gasteiger partial charge in [-0.1, -0.05) is 24.3 Å². The molecule has 2 aromatic carbocycles. The summed E-state index contributed by atoms with van der Waals surface area (Å²) in [5.41, 5.74) is 3.19. The summed E-state index contributed by atoms with van der Waals surface area (Å²) < 4.78 is 2.23. The van der Waals surface area contributed by atoms with Crippen LogP contribution in [0.2, 0.25) is 0 Å². The number of hydrogen-bond donors (Lipinski definition) is 2. The Hall–Kier alpha value is -3.42. The number of hydrogen-bond acceptors (Lipinski definition) is 4. The molecule has 0 unspecified atom stereocenters. The molecule has 0 radical (unpaired) electrons. The van der Waals surface area contributed by atoms with Crippen LogP contribution in [-0.2, 0) is 13.1 Å². The fourth-order valence-corrected chi connectivity index (χ4v) is 3.16. The number of non-ortho nitro benzene ring substituents is 1. The van der Waals surface area contributed by atoms with E-state index >= 15 is 0 Å². The van der Waals surface area contributed by atoms with Gasteiger partial charge in [0, 0.05) is 31.8 Å². The first-order valence-electron chi connectivity index (χ1n) is 9.76. The molecule has 0 bridgehead atoms. The number of nitro groups is 1. The molecule has 0 aliphatic rings. The van der Waals surface area contributed by atoms with Gasteiger partial charge in [0.25, 0.3) is 5.69 Å². The van der Waals surface area contributed by atoms with Crippen molar-refractivity contribution in [3.63, 3.8) is 0 Å². The molecule has 2 N–H and O–H groups in total. The zero-order chi connectivity index (χ0) is 20.6. The van der Waals surface area contributed by atoms with Gasteiger partial charge in [0.1, 0.15) is 5.82 Å². The quantitative estimate of drug-likeness (QED) is 0.201. The fraction of sp³-hybridized carbons (Fsp3) is 0.333. The lowest BCUT2D eigenvalue weighted by Crippen LogP contribution is -2.38. The van der Waals surface area contributed by atoms with E-state index in [1.54, 1.807) is 12.1 Å². The van der Waals surface area contributed by atoms with Crippen molar-refractivity contribution in [2.45, 2.75) is 33.4 Å². The molecule has 0 saturated carbocycles. The number of imidazole rings is 1. The summed E-state index contributed by atoms with van der Waals surface area (Å²) in [6, 6.07) is 14.6. The zero-order valence-corrected chi connectivity index (χ0v) is 16.8. The van der Waals surface area contributed by atoms with Crippen LogP contribution in [0.5, 0.6) is 0 Å². The number of nitrogens with zero attached hydrogens (tertiary/aromatic N) is 4. The van der Waals surface area contributed by atoms with Crippen molar-refractivity contribution in [1.82, 2.24) is 20.2 Å². The molecule has 0 fully saturated rings. The van der Waals surface area contributed by atoms with Gasteiger partial charge in [-0.2, -0.15) is 0 Å². The third-order valence-corrected chi connectivity index (χ3v) is 4.61. The first-order chi connectivity index (χ1) is 14.1. The molecule has 8 heteroatoms. The lowest BCUT2D eigenvalue weighted by atomic mass is 10.2. The number of benzene rings is 2. The van der Waals surface area contributed by atoms with Crippen LogP contribution in [0.1, 0.15) is 24.7 Å². The van der Waals surface area contributed by atoms with Crippen molar-refractivity contribution >= 4 is 22.7 Å². The van der Waals surface area contributed by atoms with E-state index in [0.29, 0.717) is 6.54 Å². The molecular weight excluding hydrogens is 368 g/mol. The Kier molecular flexibility index (Phi) is 6.78. The average Bonchev–Trinajstić information content (AvgIpc) is 3.04. The van der Waals surface area contributed by atoms with Gasteiger partial charge in [-0.05, 0) is 38.0 Å². The molecule has 3 aromatic rings. The molecule has 152 valence electrons. The van der Waals surface area contributed by atoms with Crippen molar-refractivity contribution < 1.29 is 4.92 Å². The summed E-state index contributed by atoms with van der Waals surface area (Å²) in [4.78, 5) is 19.5. The highest BCUT2D eigenvalue weighted by atomic mass is 16.6. The highest BCUT2D eigenvalue weighted by molar-refractivity contribution is 5.79. The molecule has 8 nitrogen and oxygen atoms in total. The van der Waals surface area contributed by atoms with Gasteiger partial charge in [0.15, 0.2) is 5.96 Å². The number of fused-ring (bicyclic) bond motifs is 1. The molecule has 0 aliphatic carbocycles. The van der Waals surface area contributed by atoms with Crippen molar-refractivity contribution in [1.29, 1.82) is 0 Å². The summed E-state index contributed by atoms with van der Waals surface area (Å²) in [7, 11) is 0. The van der Waals surface area contributed by atoms with E-state index in [1.165, 1.54) is 12.1 Å². The van der Waals surface area contributed by atoms with Crippen LogP contribution in [0.25, 0.3) is 11.0 Å². The van der Waals surface area contributed by atoms with E-state index in [4.69, 9.17) is 0 Å². The topological polar surface area (TPSA) is 97.4 Å². The second-order valence-electron chi connectivity index (χ2n) is 6.70. The second kappa shape index (κ2) is 9.68. The van der Waals surface area contributed by atoms with Gasteiger partial charge in [-0.15, -0.1) is 0 Å². The normalized spacial score (nSPS) is 11.6. The molecule has 29 heavy (non-hydrogen) atoms. The van der Waals surface area contributed by atoms with E-state index in [2.05, 4.69) is 31.2 Å². The van der Waals surface area contributed by atoms with E-state index in [1.807, 2.05) is 32.0 Å². The third-order valence-electron chi connectivity index (χ3n) is 4.61. The van der Waals surface area contributed by atoms with Crippen LogP contribution in [0, 0.1) is 17.0 Å². The van der Waals surface area contributed by atoms with Gasteiger partial charge < -0.3 is 15.2 Å². The molecule has 0 atom stereocenters. The monoisotopic (exact) mass is 394 g/mol. The minimum Gasteiger partial charge on any atom is -0.357 e. The molecular formula is C21H26N6O2. The first kappa shape index (κ1) is 20.3. The van der Waals surface area contributed by atoms with Crippen molar-refractivity contribution in [3.05, 3.63) is 70.0 Å². The summed E-state index contributed by atoms with van der Waals surface area (Å²) in [5.74, 6) is 1.75. The molecule has 0 aliphatic heterocycles. The molecule has 1 aromatic heterocycles. The SMILES string of the molecule is CCNC(=NCc1ccc([N+](=O)[O-])cc1)NCCCn1c(C)nc2ccccc21. The highest BCUT2D eigenvalue weighted by Gasteiger charge is 2.07. The van der Waals surface area contributed by atoms with E-state index in [9.17, 15) is 10.1 Å². The number of rotatable bonds is 8. The van der Waals surface area contributed by atoms with Crippen molar-refractivity contribution in [2.75, 3.05) is 13.1 Å². The van der Waals surface area contributed by atoms with Crippen LogP contribution >= 0.6 is 0 Å². The zero-order valence-electron chi connectivity index (χ0n) is 16.8. The lowest BCUT2D eigenvalue weighted by molar-refractivity contribution is -0.384. The van der Waals surface area contributed by atoms with Crippen LogP contribution < -0.4 is 10.6 Å². The summed E-state index contributed by atoms with van der Waals surface area (Å²) in [5, 5.41) is 17.3. The lowest BCUT2D eigenvalue weighted by Gasteiger charge is -2.12. The van der Waals surface area contributed by atoms with Crippen LogP contribution in [0.3, 0.4) is 0 Å². The van der Waals surface area contributed by atoms with E-state index in [0.717, 1.165) is 54.4 Å². The van der Waals surface area contributed by atoms with E-state index in [-0.39, 0.29) is 5.69 Å². The Morgan fingerprint density at radius 1 is 1.17 bits per heavy atom. The Bertz CT molecular complexity index is 994. The fourth-order valence-electron chi connectivity index (χ4n) is 3.16. The molecule has 0 spiro atoms. The summed E-state index contributed by atoms with van der Waals surface area (Å²) >= 11 is 0. The minimum absolute atomic E-state index is 0.0880. The maximum atomic E-state index is 10.7. The standard InChI is InChI=1S/C21H26N6O2/c1-3-22-21(24-15-17-9-11-18(12-10-17)27(28)29)23-13-6-14-26-16(2)25-19-7-4-5-8-20(19)26/h4-5,7-12H,3,6,13-15H2,1-2H3,(H2,22,23,24). The van der Waals surface area contributed by atoms with Gasteiger partial charge in [0.05, 0.1) is 22.5 Å². The number of aromatic nitrogens is 2. The van der Waals surface area contributed by atoms with Gasteiger partial charge in [-0.25, -0.2) is 9.98 Å².